The van der Waals surface area contributed by atoms with Crippen molar-refractivity contribution in [3.8, 4) is 5.75 Å². The minimum atomic E-state index is -0.544. The summed E-state index contributed by atoms with van der Waals surface area (Å²) in [4.78, 5) is 26.4. The number of anilines is 1. The zero-order valence-corrected chi connectivity index (χ0v) is 13.1. The molecule has 0 bridgehead atoms. The van der Waals surface area contributed by atoms with E-state index in [4.69, 9.17) is 4.74 Å². The first-order valence-corrected chi connectivity index (χ1v) is 7.44. The van der Waals surface area contributed by atoms with Gasteiger partial charge in [0.1, 0.15) is 11.8 Å². The molecule has 1 aliphatic rings. The van der Waals surface area contributed by atoms with Crippen LogP contribution in [0.5, 0.6) is 5.75 Å². The van der Waals surface area contributed by atoms with Gasteiger partial charge in [0.25, 0.3) is 5.91 Å². The Morgan fingerprint density at radius 2 is 1.87 bits per heavy atom. The van der Waals surface area contributed by atoms with E-state index in [9.17, 15) is 9.59 Å². The molecular formula is C18H18N2O3. The van der Waals surface area contributed by atoms with E-state index in [1.807, 2.05) is 18.2 Å². The number of benzene rings is 2. The zero-order chi connectivity index (χ0) is 16.4. The highest BCUT2D eigenvalue weighted by Crippen LogP contribution is 2.25. The first-order valence-electron chi connectivity index (χ1n) is 7.44. The zero-order valence-electron chi connectivity index (χ0n) is 13.1. The molecule has 1 aliphatic heterocycles. The second kappa shape index (κ2) is 6.12. The minimum Gasteiger partial charge on any atom is -0.497 e. The highest BCUT2D eigenvalue weighted by Gasteiger charge is 2.33. The molecule has 23 heavy (non-hydrogen) atoms. The Morgan fingerprint density at radius 3 is 2.52 bits per heavy atom. The number of amides is 2. The Hall–Kier alpha value is -2.82. The van der Waals surface area contributed by atoms with Gasteiger partial charge in [-0.25, -0.2) is 0 Å². The predicted molar refractivity (Wildman–Crippen MR) is 87.4 cm³/mol. The molecule has 0 radical (unpaired) electrons. The number of nitrogens with one attached hydrogen (secondary N) is 1. The Labute approximate surface area is 134 Å². The van der Waals surface area contributed by atoms with Gasteiger partial charge in [0.15, 0.2) is 0 Å². The molecule has 1 atom stereocenters. The van der Waals surface area contributed by atoms with Crippen LogP contribution >= 0.6 is 0 Å². The van der Waals surface area contributed by atoms with E-state index in [0.29, 0.717) is 17.8 Å². The van der Waals surface area contributed by atoms with Crippen LogP contribution in [0.25, 0.3) is 0 Å². The van der Waals surface area contributed by atoms with Gasteiger partial charge in [0.05, 0.1) is 7.11 Å². The molecule has 1 heterocycles. The standard InChI is InChI=1S/C18H18N2O3/c1-12(17(21)19-14-7-9-15(23-2)10-8-14)20-11-13-5-3-4-6-16(13)18(20)22/h3-10,12H,11H2,1-2H3,(H,19,21)/t12-/m1/s1. The molecular weight excluding hydrogens is 292 g/mol. The fourth-order valence-electron chi connectivity index (χ4n) is 2.65. The van der Waals surface area contributed by atoms with Crippen molar-refractivity contribution < 1.29 is 14.3 Å². The fourth-order valence-corrected chi connectivity index (χ4v) is 2.65. The van der Waals surface area contributed by atoms with E-state index < -0.39 is 6.04 Å². The monoisotopic (exact) mass is 310 g/mol. The largest absolute Gasteiger partial charge is 0.497 e. The lowest BCUT2D eigenvalue weighted by molar-refractivity contribution is -0.120. The summed E-state index contributed by atoms with van der Waals surface area (Å²) >= 11 is 0. The van der Waals surface area contributed by atoms with Crippen LogP contribution < -0.4 is 10.1 Å². The summed E-state index contributed by atoms with van der Waals surface area (Å²) in [5, 5.41) is 2.83. The van der Waals surface area contributed by atoms with Gasteiger partial charge in [-0.15, -0.1) is 0 Å². The van der Waals surface area contributed by atoms with Crippen molar-refractivity contribution in [2.75, 3.05) is 12.4 Å². The van der Waals surface area contributed by atoms with Crippen molar-refractivity contribution >= 4 is 17.5 Å². The summed E-state index contributed by atoms with van der Waals surface area (Å²) in [6, 6.07) is 14.0. The SMILES string of the molecule is COc1ccc(NC(=O)[C@@H](C)N2Cc3ccccc3C2=O)cc1. The molecule has 3 rings (SSSR count). The maximum atomic E-state index is 12.4. The Balaban J connectivity index is 1.69. The van der Waals surface area contributed by atoms with Gasteiger partial charge in [-0.3, -0.25) is 9.59 Å². The number of carbonyl (C=O) groups is 2. The Kier molecular flexibility index (Phi) is 4.02. The molecule has 1 N–H and O–H groups in total. The van der Waals surface area contributed by atoms with E-state index in [-0.39, 0.29) is 11.8 Å². The number of ether oxygens (including phenoxy) is 1. The number of hydrogen-bond acceptors (Lipinski definition) is 3. The molecule has 2 aromatic carbocycles. The highest BCUT2D eigenvalue weighted by molar-refractivity contribution is 6.03. The van der Waals surface area contributed by atoms with Crippen LogP contribution in [0.2, 0.25) is 0 Å². The molecule has 5 heteroatoms. The number of nitrogens with zero attached hydrogens (tertiary/aromatic N) is 1. The van der Waals surface area contributed by atoms with Gasteiger partial charge in [0, 0.05) is 17.8 Å². The van der Waals surface area contributed by atoms with Gasteiger partial charge < -0.3 is 15.0 Å². The first kappa shape index (κ1) is 15.1. The van der Waals surface area contributed by atoms with Crippen LogP contribution in [0.15, 0.2) is 48.5 Å². The van der Waals surface area contributed by atoms with Crippen LogP contribution in [0.3, 0.4) is 0 Å². The summed E-state index contributed by atoms with van der Waals surface area (Å²) in [7, 11) is 1.59. The maximum Gasteiger partial charge on any atom is 0.255 e. The number of fused-ring (bicyclic) bond motifs is 1. The van der Waals surface area contributed by atoms with Crippen molar-refractivity contribution in [1.29, 1.82) is 0 Å². The summed E-state index contributed by atoms with van der Waals surface area (Å²) in [5.41, 5.74) is 2.31. The molecule has 0 saturated heterocycles. The van der Waals surface area contributed by atoms with Crippen molar-refractivity contribution in [3.63, 3.8) is 0 Å². The maximum absolute atomic E-state index is 12.4. The summed E-state index contributed by atoms with van der Waals surface area (Å²) < 4.78 is 5.09. The van der Waals surface area contributed by atoms with Crippen LogP contribution in [-0.2, 0) is 11.3 Å². The van der Waals surface area contributed by atoms with Crippen LogP contribution in [-0.4, -0.2) is 29.9 Å². The molecule has 0 aliphatic carbocycles. The lowest BCUT2D eigenvalue weighted by Crippen LogP contribution is -2.42. The van der Waals surface area contributed by atoms with Gasteiger partial charge in [-0.2, -0.15) is 0 Å². The molecule has 0 aromatic heterocycles. The van der Waals surface area contributed by atoms with E-state index >= 15 is 0 Å². The van der Waals surface area contributed by atoms with E-state index in [2.05, 4.69) is 5.32 Å². The molecule has 2 amide bonds. The molecule has 5 nitrogen and oxygen atoms in total. The quantitative estimate of drug-likeness (QED) is 0.944. The molecule has 0 fully saturated rings. The van der Waals surface area contributed by atoms with E-state index in [0.717, 1.165) is 11.3 Å². The van der Waals surface area contributed by atoms with Crippen molar-refractivity contribution in [2.45, 2.75) is 19.5 Å². The van der Waals surface area contributed by atoms with Crippen molar-refractivity contribution in [2.24, 2.45) is 0 Å². The first-order chi connectivity index (χ1) is 11.1. The van der Waals surface area contributed by atoms with Crippen LogP contribution in [0, 0.1) is 0 Å². The minimum absolute atomic E-state index is 0.0991. The van der Waals surface area contributed by atoms with Crippen LogP contribution in [0.4, 0.5) is 5.69 Å². The average Bonchev–Trinajstić information content (AvgIpc) is 2.92. The lowest BCUT2D eigenvalue weighted by Gasteiger charge is -2.23. The third-order valence-electron chi connectivity index (χ3n) is 4.05. The van der Waals surface area contributed by atoms with E-state index in [1.165, 1.54) is 0 Å². The summed E-state index contributed by atoms with van der Waals surface area (Å²) in [6.45, 7) is 2.20. The third-order valence-corrected chi connectivity index (χ3v) is 4.05. The average molecular weight is 310 g/mol. The lowest BCUT2D eigenvalue weighted by atomic mass is 10.1. The normalized spacial score (nSPS) is 14.3. The second-order valence-electron chi connectivity index (χ2n) is 5.48. The molecule has 118 valence electrons. The molecule has 0 spiro atoms. The highest BCUT2D eigenvalue weighted by atomic mass is 16.5. The second-order valence-corrected chi connectivity index (χ2v) is 5.48. The number of carbonyl (C=O) groups excluding carboxylic acids is 2. The van der Waals surface area contributed by atoms with Crippen molar-refractivity contribution in [3.05, 3.63) is 59.7 Å². The number of hydrogen-bond donors (Lipinski definition) is 1. The summed E-state index contributed by atoms with van der Waals surface area (Å²) in [5.74, 6) is 0.413. The van der Waals surface area contributed by atoms with Gasteiger partial charge in [0.2, 0.25) is 5.91 Å². The third kappa shape index (κ3) is 2.90. The smallest absolute Gasteiger partial charge is 0.255 e. The van der Waals surface area contributed by atoms with Gasteiger partial charge >= 0.3 is 0 Å². The fraction of sp³-hybridized carbons (Fsp3) is 0.222. The van der Waals surface area contributed by atoms with Gasteiger partial charge in [-0.05, 0) is 42.8 Å². The topological polar surface area (TPSA) is 58.6 Å². The molecule has 0 saturated carbocycles. The predicted octanol–water partition coefficient (Wildman–Crippen LogP) is 2.68. The van der Waals surface area contributed by atoms with Crippen LogP contribution in [0.1, 0.15) is 22.8 Å². The Bertz CT molecular complexity index is 740. The molecule has 2 aromatic rings. The molecule has 0 unspecified atom stereocenters. The number of rotatable bonds is 4. The van der Waals surface area contributed by atoms with Gasteiger partial charge in [-0.1, -0.05) is 18.2 Å². The van der Waals surface area contributed by atoms with Crippen molar-refractivity contribution in [1.82, 2.24) is 4.90 Å². The summed E-state index contributed by atoms with van der Waals surface area (Å²) in [6.07, 6.45) is 0. The van der Waals surface area contributed by atoms with E-state index in [1.54, 1.807) is 49.3 Å². The Morgan fingerprint density at radius 1 is 1.17 bits per heavy atom. The number of methoxy groups -OCH3 is 1.